The Hall–Kier alpha value is -3.13. The van der Waals surface area contributed by atoms with Gasteiger partial charge in [0.1, 0.15) is 18.2 Å². The zero-order chi connectivity index (χ0) is 16.4. The fourth-order valence-electron chi connectivity index (χ4n) is 2.48. The monoisotopic (exact) mass is 309 g/mol. The molecule has 2 aromatic rings. The molecule has 0 aromatic heterocycles. The molecule has 0 saturated carbocycles. The number of fused-ring (bicyclic) bond motifs is 1. The van der Waals surface area contributed by atoms with Crippen molar-refractivity contribution in [1.29, 1.82) is 0 Å². The van der Waals surface area contributed by atoms with E-state index in [4.69, 9.17) is 16.0 Å². The zero-order valence-corrected chi connectivity index (χ0v) is 12.3. The summed E-state index contributed by atoms with van der Waals surface area (Å²) in [5.74, 6) is -0.373. The molecule has 0 radical (unpaired) electrons. The van der Waals surface area contributed by atoms with Gasteiger partial charge in [0, 0.05) is 5.56 Å². The molecule has 0 bridgehead atoms. The van der Waals surface area contributed by atoms with Gasteiger partial charge in [-0.05, 0) is 47.5 Å². The van der Waals surface area contributed by atoms with Crippen LogP contribution in [0.25, 0.3) is 10.4 Å². The summed E-state index contributed by atoms with van der Waals surface area (Å²) in [6, 6.07) is 9.37. The van der Waals surface area contributed by atoms with Crippen molar-refractivity contribution >= 4 is 17.2 Å². The number of benzene rings is 2. The SMILES string of the molecule is [C-]#[N+]c1cc(C2=CCOc3ccc(C(=O)OC)cc32)ccc1F. The number of carbonyl (C=O) groups is 1. The fourth-order valence-corrected chi connectivity index (χ4v) is 2.48. The Bertz CT molecular complexity index is 865. The number of esters is 1. The number of hydrogen-bond acceptors (Lipinski definition) is 3. The van der Waals surface area contributed by atoms with E-state index in [1.165, 1.54) is 19.2 Å². The first-order valence-corrected chi connectivity index (χ1v) is 6.87. The van der Waals surface area contributed by atoms with Gasteiger partial charge in [0.25, 0.3) is 0 Å². The summed E-state index contributed by atoms with van der Waals surface area (Å²) in [5, 5.41) is 0. The molecule has 1 aliphatic heterocycles. The predicted octanol–water partition coefficient (Wildman–Crippen LogP) is 3.99. The standard InChI is InChI=1S/C18H12FNO3/c1-20-16-10-11(3-5-15(16)19)13-7-8-23-17-6-4-12(9-14(13)17)18(21)22-2/h3-7,9-10H,8H2,2H3. The zero-order valence-electron chi connectivity index (χ0n) is 12.3. The third-order valence-electron chi connectivity index (χ3n) is 3.59. The van der Waals surface area contributed by atoms with Crippen LogP contribution in [-0.4, -0.2) is 19.7 Å². The molecule has 0 aliphatic carbocycles. The van der Waals surface area contributed by atoms with E-state index in [9.17, 15) is 9.18 Å². The molecule has 4 nitrogen and oxygen atoms in total. The predicted molar refractivity (Wildman–Crippen MR) is 83.0 cm³/mol. The van der Waals surface area contributed by atoms with E-state index < -0.39 is 11.8 Å². The number of hydrogen-bond donors (Lipinski definition) is 0. The second-order valence-corrected chi connectivity index (χ2v) is 4.91. The van der Waals surface area contributed by atoms with Crippen LogP contribution in [0.15, 0.2) is 42.5 Å². The second kappa shape index (κ2) is 5.93. The van der Waals surface area contributed by atoms with Gasteiger partial charge in [-0.15, -0.1) is 0 Å². The van der Waals surface area contributed by atoms with Crippen LogP contribution in [0.3, 0.4) is 0 Å². The molecule has 0 N–H and O–H groups in total. The van der Waals surface area contributed by atoms with E-state index in [1.54, 1.807) is 24.3 Å². The molecule has 1 heterocycles. The van der Waals surface area contributed by atoms with Crippen molar-refractivity contribution in [2.45, 2.75) is 0 Å². The first-order chi connectivity index (χ1) is 11.1. The smallest absolute Gasteiger partial charge is 0.337 e. The number of rotatable bonds is 2. The summed E-state index contributed by atoms with van der Waals surface area (Å²) in [5.41, 5.74) is 2.56. The molecular weight excluding hydrogens is 297 g/mol. The molecule has 3 rings (SSSR count). The van der Waals surface area contributed by atoms with Gasteiger partial charge in [0.2, 0.25) is 5.69 Å². The lowest BCUT2D eigenvalue weighted by Gasteiger charge is -2.20. The molecule has 114 valence electrons. The van der Waals surface area contributed by atoms with Gasteiger partial charge in [-0.1, -0.05) is 6.07 Å². The molecule has 1 aliphatic rings. The van der Waals surface area contributed by atoms with Crippen LogP contribution in [0, 0.1) is 12.4 Å². The maximum atomic E-state index is 13.5. The first-order valence-electron chi connectivity index (χ1n) is 6.87. The largest absolute Gasteiger partial charge is 0.489 e. The average Bonchev–Trinajstić information content (AvgIpc) is 2.60. The highest BCUT2D eigenvalue weighted by Gasteiger charge is 2.19. The summed E-state index contributed by atoms with van der Waals surface area (Å²) >= 11 is 0. The summed E-state index contributed by atoms with van der Waals surface area (Å²) in [6.45, 7) is 7.40. The number of nitrogens with zero attached hydrogens (tertiary/aromatic N) is 1. The highest BCUT2D eigenvalue weighted by molar-refractivity contribution is 5.93. The Morgan fingerprint density at radius 3 is 2.87 bits per heavy atom. The van der Waals surface area contributed by atoms with Gasteiger partial charge in [0.15, 0.2) is 0 Å². The fraction of sp³-hybridized carbons (Fsp3) is 0.111. The van der Waals surface area contributed by atoms with Gasteiger partial charge in [-0.3, -0.25) is 0 Å². The molecule has 2 aromatic carbocycles. The third-order valence-corrected chi connectivity index (χ3v) is 3.59. The topological polar surface area (TPSA) is 39.9 Å². The highest BCUT2D eigenvalue weighted by atomic mass is 19.1. The van der Waals surface area contributed by atoms with Crippen molar-refractivity contribution in [1.82, 2.24) is 0 Å². The number of carbonyl (C=O) groups excluding carboxylic acids is 1. The maximum Gasteiger partial charge on any atom is 0.337 e. The van der Waals surface area contributed by atoms with Crippen molar-refractivity contribution in [3.05, 3.63) is 76.4 Å². The van der Waals surface area contributed by atoms with E-state index in [1.807, 2.05) is 6.08 Å². The van der Waals surface area contributed by atoms with E-state index in [-0.39, 0.29) is 5.69 Å². The second-order valence-electron chi connectivity index (χ2n) is 4.91. The van der Waals surface area contributed by atoms with Crippen molar-refractivity contribution in [3.8, 4) is 5.75 Å². The average molecular weight is 309 g/mol. The molecule has 5 heteroatoms. The van der Waals surface area contributed by atoms with E-state index in [0.29, 0.717) is 29.0 Å². The quantitative estimate of drug-likeness (QED) is 0.622. The van der Waals surface area contributed by atoms with E-state index in [0.717, 1.165) is 5.57 Å². The van der Waals surface area contributed by atoms with Crippen molar-refractivity contribution in [3.63, 3.8) is 0 Å². The molecule has 0 amide bonds. The Kier molecular flexibility index (Phi) is 3.82. The van der Waals surface area contributed by atoms with Crippen LogP contribution in [0.4, 0.5) is 10.1 Å². The Balaban J connectivity index is 2.11. The Morgan fingerprint density at radius 1 is 1.30 bits per heavy atom. The van der Waals surface area contributed by atoms with E-state index >= 15 is 0 Å². The van der Waals surface area contributed by atoms with Gasteiger partial charge >= 0.3 is 5.97 Å². The van der Waals surface area contributed by atoms with Crippen LogP contribution in [-0.2, 0) is 4.74 Å². The molecular formula is C18H12FNO3. The minimum absolute atomic E-state index is 0.0411. The minimum Gasteiger partial charge on any atom is -0.489 e. The van der Waals surface area contributed by atoms with Crippen LogP contribution >= 0.6 is 0 Å². The number of halogens is 1. The minimum atomic E-state index is -0.556. The van der Waals surface area contributed by atoms with Gasteiger partial charge in [-0.2, -0.15) is 0 Å². The van der Waals surface area contributed by atoms with Crippen molar-refractivity contribution in [2.24, 2.45) is 0 Å². The molecule has 0 fully saturated rings. The Morgan fingerprint density at radius 2 is 2.13 bits per heavy atom. The molecule has 0 unspecified atom stereocenters. The molecule has 23 heavy (non-hydrogen) atoms. The summed E-state index contributed by atoms with van der Waals surface area (Å²) in [6.07, 6.45) is 1.84. The molecule has 0 saturated heterocycles. The first kappa shape index (κ1) is 14.8. The van der Waals surface area contributed by atoms with Gasteiger partial charge in [-0.25, -0.2) is 14.0 Å². The van der Waals surface area contributed by atoms with Crippen molar-refractivity contribution < 1.29 is 18.7 Å². The van der Waals surface area contributed by atoms with E-state index in [2.05, 4.69) is 4.85 Å². The third kappa shape index (κ3) is 2.67. The molecule has 0 atom stereocenters. The van der Waals surface area contributed by atoms with Crippen LogP contribution < -0.4 is 4.74 Å². The summed E-state index contributed by atoms with van der Waals surface area (Å²) in [4.78, 5) is 14.9. The number of ether oxygens (including phenoxy) is 2. The van der Waals surface area contributed by atoms with Crippen LogP contribution in [0.2, 0.25) is 0 Å². The maximum absolute atomic E-state index is 13.5. The van der Waals surface area contributed by atoms with Crippen molar-refractivity contribution in [2.75, 3.05) is 13.7 Å². The van der Waals surface area contributed by atoms with Crippen LogP contribution in [0.5, 0.6) is 5.75 Å². The highest BCUT2D eigenvalue weighted by Crippen LogP contribution is 2.36. The lowest BCUT2D eigenvalue weighted by molar-refractivity contribution is 0.0600. The van der Waals surface area contributed by atoms with Gasteiger partial charge in [0.05, 0.1) is 19.2 Å². The lowest BCUT2D eigenvalue weighted by atomic mass is 9.93. The van der Waals surface area contributed by atoms with Gasteiger partial charge < -0.3 is 9.47 Å². The normalized spacial score (nSPS) is 12.5. The molecule has 0 spiro atoms. The Labute approximate surface area is 132 Å². The number of methoxy groups -OCH3 is 1. The lowest BCUT2D eigenvalue weighted by Crippen LogP contribution is -2.08. The van der Waals surface area contributed by atoms with Crippen LogP contribution in [0.1, 0.15) is 21.5 Å². The summed E-state index contributed by atoms with van der Waals surface area (Å²) < 4.78 is 23.8. The summed E-state index contributed by atoms with van der Waals surface area (Å²) in [7, 11) is 1.32.